The van der Waals surface area contributed by atoms with Crippen LogP contribution in [0.2, 0.25) is 0 Å². The van der Waals surface area contributed by atoms with Crippen LogP contribution in [0.5, 0.6) is 0 Å². The minimum atomic E-state index is -3.65. The number of hydrogen-bond acceptors (Lipinski definition) is 4. The minimum absolute atomic E-state index is 0.0571. The summed E-state index contributed by atoms with van der Waals surface area (Å²) in [6, 6.07) is 0. The van der Waals surface area contributed by atoms with Gasteiger partial charge in [-0.05, 0) is 0 Å². The molecule has 0 radical (unpaired) electrons. The van der Waals surface area contributed by atoms with Crippen molar-refractivity contribution >= 4 is 15.8 Å². The monoisotopic (exact) mass is 259 g/mol. The Balaban J connectivity index is 2.73. The molecule has 0 amide bonds. The highest BCUT2D eigenvalue weighted by molar-refractivity contribution is 7.89. The second-order valence-corrected chi connectivity index (χ2v) is 6.61. The summed E-state index contributed by atoms with van der Waals surface area (Å²) >= 11 is 0. The number of Topliss-reactive ketones (excluding diaryl/α,β-unsaturated/α-hetero) is 1. The van der Waals surface area contributed by atoms with Crippen LogP contribution >= 0.6 is 0 Å². The van der Waals surface area contributed by atoms with Gasteiger partial charge in [-0.15, -0.1) is 0 Å². The predicted molar refractivity (Wildman–Crippen MR) is 62.9 cm³/mol. The molecule has 0 saturated heterocycles. The Labute approximate surface area is 101 Å². The van der Waals surface area contributed by atoms with Gasteiger partial charge in [0.15, 0.2) is 5.78 Å². The summed E-state index contributed by atoms with van der Waals surface area (Å²) in [5.41, 5.74) is -0.558. The largest absolute Gasteiger partial charge is 0.298 e. The predicted octanol–water partition coefficient (Wildman–Crippen LogP) is 0.314. The van der Waals surface area contributed by atoms with E-state index in [9.17, 15) is 13.2 Å². The second kappa shape index (κ2) is 4.58. The van der Waals surface area contributed by atoms with Crippen LogP contribution in [0.1, 0.15) is 20.8 Å². The van der Waals surface area contributed by atoms with E-state index >= 15 is 0 Å². The third kappa shape index (κ3) is 3.64. The van der Waals surface area contributed by atoms with E-state index in [1.165, 1.54) is 17.1 Å². The molecule has 0 aliphatic carbocycles. The molecular formula is C10H17N3O3S. The van der Waals surface area contributed by atoms with Gasteiger partial charge in [0.25, 0.3) is 0 Å². The summed E-state index contributed by atoms with van der Waals surface area (Å²) in [6.07, 6.45) is 2.62. The van der Waals surface area contributed by atoms with E-state index in [1.54, 1.807) is 27.8 Å². The molecule has 0 saturated carbocycles. The molecule has 96 valence electrons. The molecule has 0 spiro atoms. The fraction of sp³-hybridized carbons (Fsp3) is 0.600. The van der Waals surface area contributed by atoms with Crippen LogP contribution in [0.15, 0.2) is 17.3 Å². The zero-order chi connectivity index (χ0) is 13.3. The zero-order valence-electron chi connectivity index (χ0n) is 10.4. The number of ketones is 1. The molecule has 0 aliphatic rings. The Kier molecular flexibility index (Phi) is 3.73. The van der Waals surface area contributed by atoms with Crippen LogP contribution in [0.25, 0.3) is 0 Å². The molecule has 6 nitrogen and oxygen atoms in total. The van der Waals surface area contributed by atoms with Crippen molar-refractivity contribution in [1.29, 1.82) is 0 Å². The van der Waals surface area contributed by atoms with Gasteiger partial charge >= 0.3 is 0 Å². The first-order valence-electron chi connectivity index (χ1n) is 5.14. The normalized spacial score (nSPS) is 12.7. The first kappa shape index (κ1) is 13.9. The van der Waals surface area contributed by atoms with Crippen LogP contribution < -0.4 is 4.72 Å². The summed E-state index contributed by atoms with van der Waals surface area (Å²) in [5.74, 6) is -0.162. The van der Waals surface area contributed by atoms with Crippen molar-refractivity contribution in [1.82, 2.24) is 14.5 Å². The molecule has 1 aromatic heterocycles. The van der Waals surface area contributed by atoms with Gasteiger partial charge in [0, 0.05) is 18.7 Å². The maximum atomic E-state index is 11.8. The van der Waals surface area contributed by atoms with Crippen LogP contribution in [0.4, 0.5) is 0 Å². The van der Waals surface area contributed by atoms with Crippen LogP contribution in [0.3, 0.4) is 0 Å². The Morgan fingerprint density at radius 1 is 1.47 bits per heavy atom. The Bertz CT molecular complexity index is 511. The van der Waals surface area contributed by atoms with Gasteiger partial charge in [-0.1, -0.05) is 20.8 Å². The summed E-state index contributed by atoms with van der Waals surface area (Å²) in [6.45, 7) is 5.02. The number of aryl methyl sites for hydroxylation is 1. The molecule has 0 aliphatic heterocycles. The Hall–Kier alpha value is -1.21. The molecule has 0 fully saturated rings. The van der Waals surface area contributed by atoms with Gasteiger partial charge in [0.1, 0.15) is 4.90 Å². The van der Waals surface area contributed by atoms with E-state index in [0.29, 0.717) is 0 Å². The molecule has 17 heavy (non-hydrogen) atoms. The summed E-state index contributed by atoms with van der Waals surface area (Å²) in [5, 5.41) is 3.77. The van der Waals surface area contributed by atoms with Gasteiger partial charge in [0.2, 0.25) is 10.0 Å². The third-order valence-corrected chi connectivity index (χ3v) is 3.61. The lowest BCUT2D eigenvalue weighted by Crippen LogP contribution is -2.35. The van der Waals surface area contributed by atoms with Crippen molar-refractivity contribution in [2.24, 2.45) is 12.5 Å². The lowest BCUT2D eigenvalue weighted by Gasteiger charge is -2.16. The molecule has 0 unspecified atom stereocenters. The number of sulfonamides is 1. The van der Waals surface area contributed by atoms with Crippen LogP contribution in [-0.2, 0) is 21.9 Å². The highest BCUT2D eigenvalue weighted by Gasteiger charge is 2.24. The number of hydrogen-bond donors (Lipinski definition) is 1. The molecule has 7 heteroatoms. The van der Waals surface area contributed by atoms with E-state index in [-0.39, 0.29) is 17.2 Å². The average molecular weight is 259 g/mol. The fourth-order valence-electron chi connectivity index (χ4n) is 1.05. The first-order chi connectivity index (χ1) is 7.63. The van der Waals surface area contributed by atoms with Crippen molar-refractivity contribution in [3.05, 3.63) is 12.4 Å². The van der Waals surface area contributed by atoms with Crippen molar-refractivity contribution in [3.8, 4) is 0 Å². The molecule has 0 aromatic carbocycles. The first-order valence-corrected chi connectivity index (χ1v) is 6.63. The molecule has 1 aromatic rings. The lowest BCUT2D eigenvalue weighted by molar-refractivity contribution is -0.125. The lowest BCUT2D eigenvalue weighted by atomic mass is 9.91. The summed E-state index contributed by atoms with van der Waals surface area (Å²) < 4.78 is 27.2. The van der Waals surface area contributed by atoms with Gasteiger partial charge < -0.3 is 0 Å². The van der Waals surface area contributed by atoms with Gasteiger partial charge in [-0.25, -0.2) is 13.1 Å². The maximum Gasteiger partial charge on any atom is 0.244 e. The van der Waals surface area contributed by atoms with E-state index in [0.717, 1.165) is 0 Å². The van der Waals surface area contributed by atoms with Gasteiger partial charge in [-0.2, -0.15) is 5.10 Å². The molecule has 1 N–H and O–H groups in total. The van der Waals surface area contributed by atoms with Crippen molar-refractivity contribution < 1.29 is 13.2 Å². The quantitative estimate of drug-likeness (QED) is 0.844. The number of nitrogens with zero attached hydrogens (tertiary/aromatic N) is 2. The number of carbonyl (C=O) groups excluding carboxylic acids is 1. The van der Waals surface area contributed by atoms with Gasteiger partial charge in [-0.3, -0.25) is 9.48 Å². The van der Waals surface area contributed by atoms with E-state index in [2.05, 4.69) is 9.82 Å². The molecule has 1 heterocycles. The summed E-state index contributed by atoms with van der Waals surface area (Å²) in [7, 11) is -2.02. The topological polar surface area (TPSA) is 81.1 Å². The van der Waals surface area contributed by atoms with E-state index < -0.39 is 15.4 Å². The SMILES string of the molecule is Cn1cc(S(=O)(=O)NCC(=O)C(C)(C)C)cn1. The molecule has 0 atom stereocenters. The maximum absolute atomic E-state index is 11.8. The highest BCUT2D eigenvalue weighted by Crippen LogP contribution is 2.14. The highest BCUT2D eigenvalue weighted by atomic mass is 32.2. The van der Waals surface area contributed by atoms with E-state index in [4.69, 9.17) is 0 Å². The second-order valence-electron chi connectivity index (χ2n) is 4.85. The van der Waals surface area contributed by atoms with E-state index in [1.807, 2.05) is 0 Å². The third-order valence-electron chi connectivity index (χ3n) is 2.25. The summed E-state index contributed by atoms with van der Waals surface area (Å²) in [4.78, 5) is 11.7. The Morgan fingerprint density at radius 2 is 2.06 bits per heavy atom. The molecular weight excluding hydrogens is 242 g/mol. The van der Waals surface area contributed by atoms with Crippen molar-refractivity contribution in [2.75, 3.05) is 6.54 Å². The smallest absolute Gasteiger partial charge is 0.244 e. The fourth-order valence-corrected chi connectivity index (χ4v) is 2.01. The van der Waals surface area contributed by atoms with Crippen LogP contribution in [-0.4, -0.2) is 30.5 Å². The van der Waals surface area contributed by atoms with Crippen LogP contribution in [0, 0.1) is 5.41 Å². The number of carbonyl (C=O) groups is 1. The zero-order valence-corrected chi connectivity index (χ0v) is 11.2. The molecule has 1 rings (SSSR count). The minimum Gasteiger partial charge on any atom is -0.298 e. The van der Waals surface area contributed by atoms with Gasteiger partial charge in [0.05, 0.1) is 12.7 Å². The number of nitrogens with one attached hydrogen (secondary N) is 1. The number of rotatable bonds is 4. The standard InChI is InChI=1S/C10H17N3O3S/c1-10(2,3)9(14)6-12-17(15,16)8-5-11-13(4)7-8/h5,7,12H,6H2,1-4H3. The average Bonchev–Trinajstić information content (AvgIpc) is 2.60. The van der Waals surface area contributed by atoms with Crippen molar-refractivity contribution in [3.63, 3.8) is 0 Å². The van der Waals surface area contributed by atoms with Crippen molar-refractivity contribution in [2.45, 2.75) is 25.7 Å². The molecule has 0 bridgehead atoms. The Morgan fingerprint density at radius 3 is 2.47 bits per heavy atom. The number of aromatic nitrogens is 2.